The molecule has 1 atom stereocenters. The van der Waals surface area contributed by atoms with E-state index in [0.717, 1.165) is 32.4 Å². The zero-order valence-corrected chi connectivity index (χ0v) is 12.2. The lowest BCUT2D eigenvalue weighted by atomic mass is 9.84. The molecule has 2 fully saturated rings. The molecule has 1 aliphatic heterocycles. The smallest absolute Gasteiger partial charge is 0.214 e. The van der Waals surface area contributed by atoms with Gasteiger partial charge in [-0.25, -0.2) is 8.42 Å². The third-order valence-electron chi connectivity index (χ3n) is 4.25. The Morgan fingerprint density at radius 1 is 1.28 bits per heavy atom. The first kappa shape index (κ1) is 14.3. The molecule has 0 aromatic heterocycles. The lowest BCUT2D eigenvalue weighted by Crippen LogP contribution is -2.43. The molecule has 1 saturated heterocycles. The molecule has 1 N–H and O–H groups in total. The molecule has 0 spiro atoms. The maximum atomic E-state index is 12.5. The van der Waals surface area contributed by atoms with Crippen molar-refractivity contribution in [2.45, 2.75) is 51.5 Å². The Morgan fingerprint density at radius 2 is 2.06 bits per heavy atom. The normalized spacial score (nSPS) is 25.6. The highest BCUT2D eigenvalue weighted by Crippen LogP contribution is 2.30. The molecule has 0 bridgehead atoms. The molecule has 2 aliphatic rings. The van der Waals surface area contributed by atoms with E-state index < -0.39 is 10.0 Å². The lowest BCUT2D eigenvalue weighted by Gasteiger charge is -2.30. The van der Waals surface area contributed by atoms with Crippen LogP contribution in [0.15, 0.2) is 0 Å². The van der Waals surface area contributed by atoms with Crippen LogP contribution in [0.4, 0.5) is 0 Å². The van der Waals surface area contributed by atoms with Gasteiger partial charge in [-0.2, -0.15) is 4.31 Å². The fourth-order valence-electron chi connectivity index (χ4n) is 2.87. The van der Waals surface area contributed by atoms with E-state index in [1.807, 2.05) is 0 Å². The fourth-order valence-corrected chi connectivity index (χ4v) is 4.83. The van der Waals surface area contributed by atoms with Crippen LogP contribution in [0.5, 0.6) is 0 Å². The topological polar surface area (TPSA) is 49.4 Å². The van der Waals surface area contributed by atoms with Crippen LogP contribution < -0.4 is 5.32 Å². The standard InChI is InChI=1S/C13H26N2O2S/c1-2-9-15(13-6-8-14-11-13)18(16,17)10-7-12-4-3-5-12/h12-14H,2-11H2,1H3. The van der Waals surface area contributed by atoms with E-state index in [9.17, 15) is 8.42 Å². The molecule has 0 aromatic carbocycles. The highest BCUT2D eigenvalue weighted by atomic mass is 32.2. The Balaban J connectivity index is 1.93. The Bertz CT molecular complexity index is 346. The van der Waals surface area contributed by atoms with Gasteiger partial charge in [-0.3, -0.25) is 0 Å². The molecule has 1 heterocycles. The van der Waals surface area contributed by atoms with Crippen LogP contribution in [0.3, 0.4) is 0 Å². The van der Waals surface area contributed by atoms with Gasteiger partial charge >= 0.3 is 0 Å². The molecule has 0 aromatic rings. The van der Waals surface area contributed by atoms with E-state index in [1.54, 1.807) is 4.31 Å². The van der Waals surface area contributed by atoms with Gasteiger partial charge in [0.1, 0.15) is 0 Å². The summed E-state index contributed by atoms with van der Waals surface area (Å²) < 4.78 is 26.7. The van der Waals surface area contributed by atoms with Crippen molar-refractivity contribution in [3.05, 3.63) is 0 Å². The van der Waals surface area contributed by atoms with Gasteiger partial charge in [0.05, 0.1) is 5.75 Å². The number of nitrogens with zero attached hydrogens (tertiary/aromatic N) is 1. The van der Waals surface area contributed by atoms with Crippen LogP contribution in [0.2, 0.25) is 0 Å². The Hall–Kier alpha value is -0.130. The highest BCUT2D eigenvalue weighted by molar-refractivity contribution is 7.89. The van der Waals surface area contributed by atoms with Crippen LogP contribution >= 0.6 is 0 Å². The summed E-state index contributed by atoms with van der Waals surface area (Å²) in [7, 11) is -3.05. The molecule has 1 aliphatic carbocycles. The monoisotopic (exact) mass is 274 g/mol. The van der Waals surface area contributed by atoms with Crippen LogP contribution in [0.1, 0.15) is 45.4 Å². The Labute approximate surface area is 111 Å². The van der Waals surface area contributed by atoms with Crippen LogP contribution in [0.25, 0.3) is 0 Å². The van der Waals surface area contributed by atoms with Gasteiger partial charge in [-0.1, -0.05) is 26.2 Å². The minimum Gasteiger partial charge on any atom is -0.315 e. The molecule has 0 radical (unpaired) electrons. The van der Waals surface area contributed by atoms with Gasteiger partial charge in [0.15, 0.2) is 0 Å². The second-order valence-electron chi connectivity index (χ2n) is 5.66. The number of sulfonamides is 1. The van der Waals surface area contributed by atoms with Crippen molar-refractivity contribution < 1.29 is 8.42 Å². The average molecular weight is 274 g/mol. The first-order valence-corrected chi connectivity index (χ1v) is 8.94. The third-order valence-corrected chi connectivity index (χ3v) is 6.20. The fraction of sp³-hybridized carbons (Fsp3) is 1.00. The predicted molar refractivity (Wildman–Crippen MR) is 74.0 cm³/mol. The maximum absolute atomic E-state index is 12.5. The van der Waals surface area contributed by atoms with Crippen LogP contribution in [-0.2, 0) is 10.0 Å². The van der Waals surface area contributed by atoms with Crippen LogP contribution in [0, 0.1) is 5.92 Å². The zero-order valence-electron chi connectivity index (χ0n) is 11.4. The number of nitrogens with one attached hydrogen (secondary N) is 1. The van der Waals surface area contributed by atoms with Gasteiger partial charge in [-0.05, 0) is 31.7 Å². The molecule has 1 unspecified atom stereocenters. The minimum absolute atomic E-state index is 0.191. The van der Waals surface area contributed by atoms with Crippen molar-refractivity contribution in [2.24, 2.45) is 5.92 Å². The van der Waals surface area contributed by atoms with E-state index in [4.69, 9.17) is 0 Å². The van der Waals surface area contributed by atoms with Gasteiger partial charge < -0.3 is 5.32 Å². The second-order valence-corrected chi connectivity index (χ2v) is 7.70. The quantitative estimate of drug-likeness (QED) is 0.767. The van der Waals surface area contributed by atoms with Crippen molar-refractivity contribution in [1.82, 2.24) is 9.62 Å². The Kier molecular flexibility index (Phi) is 5.04. The highest BCUT2D eigenvalue weighted by Gasteiger charge is 2.32. The SMILES string of the molecule is CCCN(C1CCNC1)S(=O)(=O)CCC1CCC1. The minimum atomic E-state index is -3.05. The summed E-state index contributed by atoms with van der Waals surface area (Å²) in [5, 5.41) is 3.26. The number of rotatable bonds is 7. The first-order chi connectivity index (χ1) is 8.63. The van der Waals surface area contributed by atoms with Gasteiger partial charge in [0.2, 0.25) is 10.0 Å². The molecular formula is C13H26N2O2S. The first-order valence-electron chi connectivity index (χ1n) is 7.33. The zero-order chi connectivity index (χ0) is 13.0. The van der Waals surface area contributed by atoms with E-state index in [0.29, 0.717) is 18.2 Å². The molecule has 1 saturated carbocycles. The Morgan fingerprint density at radius 3 is 2.56 bits per heavy atom. The van der Waals surface area contributed by atoms with Crippen molar-refractivity contribution in [3.63, 3.8) is 0 Å². The van der Waals surface area contributed by atoms with Gasteiger partial charge in [0, 0.05) is 19.1 Å². The van der Waals surface area contributed by atoms with Crippen molar-refractivity contribution in [2.75, 3.05) is 25.4 Å². The summed E-state index contributed by atoms with van der Waals surface area (Å²) in [5.74, 6) is 1.03. The second kappa shape index (κ2) is 6.35. The van der Waals surface area contributed by atoms with E-state index in [2.05, 4.69) is 12.2 Å². The summed E-state index contributed by atoms with van der Waals surface area (Å²) >= 11 is 0. The van der Waals surface area contributed by atoms with Crippen molar-refractivity contribution >= 4 is 10.0 Å². The van der Waals surface area contributed by atoms with Crippen molar-refractivity contribution in [1.29, 1.82) is 0 Å². The largest absolute Gasteiger partial charge is 0.315 e. The predicted octanol–water partition coefficient (Wildman–Crippen LogP) is 1.58. The number of hydrogen-bond donors (Lipinski definition) is 1. The van der Waals surface area contributed by atoms with E-state index in [-0.39, 0.29) is 6.04 Å². The average Bonchev–Trinajstić information content (AvgIpc) is 2.76. The maximum Gasteiger partial charge on any atom is 0.214 e. The molecule has 0 amide bonds. The molecule has 2 rings (SSSR count). The van der Waals surface area contributed by atoms with Gasteiger partial charge in [0.25, 0.3) is 0 Å². The number of hydrogen-bond acceptors (Lipinski definition) is 3. The summed E-state index contributed by atoms with van der Waals surface area (Å²) in [5.41, 5.74) is 0. The summed E-state index contributed by atoms with van der Waals surface area (Å²) in [6.07, 6.45) is 6.48. The summed E-state index contributed by atoms with van der Waals surface area (Å²) in [6, 6.07) is 0.191. The van der Waals surface area contributed by atoms with Crippen LogP contribution in [-0.4, -0.2) is 44.2 Å². The molecule has 5 heteroatoms. The lowest BCUT2D eigenvalue weighted by molar-refractivity contribution is 0.299. The molecular weight excluding hydrogens is 248 g/mol. The van der Waals surface area contributed by atoms with E-state index >= 15 is 0 Å². The third kappa shape index (κ3) is 3.45. The van der Waals surface area contributed by atoms with Crippen molar-refractivity contribution in [3.8, 4) is 0 Å². The molecule has 4 nitrogen and oxygen atoms in total. The van der Waals surface area contributed by atoms with Gasteiger partial charge in [-0.15, -0.1) is 0 Å². The summed E-state index contributed by atoms with van der Waals surface area (Å²) in [6.45, 7) is 4.50. The van der Waals surface area contributed by atoms with E-state index in [1.165, 1.54) is 19.3 Å². The molecule has 106 valence electrons. The summed E-state index contributed by atoms with van der Waals surface area (Å²) in [4.78, 5) is 0. The molecule has 18 heavy (non-hydrogen) atoms.